The third-order valence-electron chi connectivity index (χ3n) is 8.06. The molecule has 7 heteroatoms. The first-order valence-corrected chi connectivity index (χ1v) is 13.8. The summed E-state index contributed by atoms with van der Waals surface area (Å²) in [6.07, 6.45) is 7.86. The minimum Gasteiger partial charge on any atom is -0.465 e. The van der Waals surface area contributed by atoms with Crippen LogP contribution in [-0.4, -0.2) is 46.9 Å². The van der Waals surface area contributed by atoms with Gasteiger partial charge in [-0.25, -0.2) is 4.79 Å². The summed E-state index contributed by atoms with van der Waals surface area (Å²) in [4.78, 5) is 26.6. The highest BCUT2D eigenvalue weighted by atomic mass is 16.4. The number of carbonyl (C=O) groups is 2. The largest absolute Gasteiger partial charge is 0.465 e. The van der Waals surface area contributed by atoms with Crippen LogP contribution in [0.5, 0.6) is 0 Å². The first-order valence-electron chi connectivity index (χ1n) is 13.8. The Morgan fingerprint density at radius 1 is 0.946 bits per heavy atom. The summed E-state index contributed by atoms with van der Waals surface area (Å²) in [7, 11) is 0. The molecule has 0 spiro atoms. The second-order valence-electron chi connectivity index (χ2n) is 10.8. The summed E-state index contributed by atoms with van der Waals surface area (Å²) in [6, 6.07) is 16.2. The van der Waals surface area contributed by atoms with Gasteiger partial charge in [-0.15, -0.1) is 0 Å². The van der Waals surface area contributed by atoms with Crippen LogP contribution in [0.4, 0.5) is 10.5 Å². The first kappa shape index (κ1) is 27.1. The monoisotopic (exact) mass is 507 g/mol. The Hall–Kier alpha value is -2.90. The second-order valence-corrected chi connectivity index (χ2v) is 10.8. The van der Waals surface area contributed by atoms with Crippen molar-refractivity contribution in [3.63, 3.8) is 0 Å². The highest BCUT2D eigenvalue weighted by molar-refractivity contribution is 5.93. The third-order valence-corrected chi connectivity index (χ3v) is 8.06. The van der Waals surface area contributed by atoms with Gasteiger partial charge in [0.15, 0.2) is 0 Å². The molecule has 37 heavy (non-hydrogen) atoms. The Morgan fingerprint density at radius 2 is 1.65 bits per heavy atom. The molecular formula is C30H41N3O4. The van der Waals surface area contributed by atoms with E-state index in [1.165, 1.54) is 0 Å². The fourth-order valence-corrected chi connectivity index (χ4v) is 5.85. The molecule has 2 aromatic carbocycles. The average Bonchev–Trinajstić information content (AvgIpc) is 2.91. The molecular weight excluding hydrogens is 466 g/mol. The van der Waals surface area contributed by atoms with Crippen LogP contribution in [-0.2, 0) is 11.2 Å². The van der Waals surface area contributed by atoms with E-state index in [1.54, 1.807) is 4.90 Å². The van der Waals surface area contributed by atoms with Gasteiger partial charge >= 0.3 is 6.09 Å². The Labute approximate surface area is 220 Å². The SMILES string of the molecule is NC1CCC(N(C(=O)O)c2cc(CCCC(=O)NC3CCC(CO)CC3)ccc2-c2ccccc2)CC1. The summed E-state index contributed by atoms with van der Waals surface area (Å²) >= 11 is 0. The van der Waals surface area contributed by atoms with Crippen molar-refractivity contribution in [2.75, 3.05) is 11.5 Å². The molecule has 2 saturated carbocycles. The number of nitrogens with zero attached hydrogens (tertiary/aromatic N) is 1. The van der Waals surface area contributed by atoms with E-state index in [9.17, 15) is 19.8 Å². The molecule has 2 amide bonds. The molecule has 4 rings (SSSR count). The number of hydrogen-bond donors (Lipinski definition) is 4. The van der Waals surface area contributed by atoms with Crippen LogP contribution >= 0.6 is 0 Å². The van der Waals surface area contributed by atoms with Gasteiger partial charge in [-0.3, -0.25) is 9.69 Å². The van der Waals surface area contributed by atoms with Crippen molar-refractivity contribution in [1.29, 1.82) is 0 Å². The summed E-state index contributed by atoms with van der Waals surface area (Å²) in [5, 5.41) is 22.7. The number of benzene rings is 2. The lowest BCUT2D eigenvalue weighted by Crippen LogP contribution is -2.44. The lowest BCUT2D eigenvalue weighted by molar-refractivity contribution is -0.122. The zero-order valence-electron chi connectivity index (χ0n) is 21.6. The summed E-state index contributed by atoms with van der Waals surface area (Å²) in [5.41, 5.74) is 9.73. The van der Waals surface area contributed by atoms with Crippen molar-refractivity contribution >= 4 is 17.7 Å². The summed E-state index contributed by atoms with van der Waals surface area (Å²) in [6.45, 7) is 0.235. The van der Waals surface area contributed by atoms with E-state index in [2.05, 4.69) is 11.4 Å². The van der Waals surface area contributed by atoms with Gasteiger partial charge in [0, 0.05) is 36.7 Å². The lowest BCUT2D eigenvalue weighted by Gasteiger charge is -2.35. The van der Waals surface area contributed by atoms with Gasteiger partial charge in [0.2, 0.25) is 5.91 Å². The number of aryl methyl sites for hydroxylation is 1. The van der Waals surface area contributed by atoms with Crippen LogP contribution in [0.25, 0.3) is 11.1 Å². The number of carbonyl (C=O) groups excluding carboxylic acids is 1. The van der Waals surface area contributed by atoms with Crippen LogP contribution in [0.15, 0.2) is 48.5 Å². The van der Waals surface area contributed by atoms with Crippen LogP contribution < -0.4 is 16.0 Å². The van der Waals surface area contributed by atoms with Crippen LogP contribution in [0.1, 0.15) is 69.8 Å². The maximum atomic E-state index is 12.5. The number of anilines is 1. The Bertz CT molecular complexity index is 1030. The molecule has 200 valence electrons. The van der Waals surface area contributed by atoms with Crippen molar-refractivity contribution in [3.8, 4) is 11.1 Å². The molecule has 0 saturated heterocycles. The standard InChI is InChI=1S/C30H41N3O4/c31-24-12-16-26(17-13-24)33(30(36)37)28-19-21(11-18-27(28)23-6-2-1-3-7-23)5-4-8-29(35)32-25-14-9-22(20-34)10-15-25/h1-3,6-7,11,18-19,22,24-26,34H,4-5,8-10,12-17,20,31H2,(H,32,35)(H,36,37). The van der Waals surface area contributed by atoms with E-state index < -0.39 is 6.09 Å². The van der Waals surface area contributed by atoms with Crippen molar-refractivity contribution in [1.82, 2.24) is 5.32 Å². The summed E-state index contributed by atoms with van der Waals surface area (Å²) < 4.78 is 0. The number of nitrogens with two attached hydrogens (primary N) is 1. The van der Waals surface area contributed by atoms with Crippen LogP contribution in [0, 0.1) is 5.92 Å². The fraction of sp³-hybridized carbons (Fsp3) is 0.533. The molecule has 2 aliphatic carbocycles. The molecule has 2 aromatic rings. The molecule has 0 unspecified atom stereocenters. The number of carboxylic acid groups (broad SMARTS) is 1. The number of nitrogens with one attached hydrogen (secondary N) is 1. The molecule has 2 aliphatic rings. The quantitative estimate of drug-likeness (QED) is 0.377. The van der Waals surface area contributed by atoms with Crippen LogP contribution in [0.2, 0.25) is 0 Å². The van der Waals surface area contributed by atoms with Crippen molar-refractivity contribution in [2.24, 2.45) is 11.7 Å². The number of aliphatic hydroxyl groups is 1. The van der Waals surface area contributed by atoms with Gasteiger partial charge in [-0.2, -0.15) is 0 Å². The van der Waals surface area contributed by atoms with Gasteiger partial charge in [-0.05, 0) is 87.3 Å². The molecule has 0 bridgehead atoms. The molecule has 0 aliphatic heterocycles. The van der Waals surface area contributed by atoms with Gasteiger partial charge < -0.3 is 21.3 Å². The van der Waals surface area contributed by atoms with E-state index in [0.717, 1.165) is 68.1 Å². The van der Waals surface area contributed by atoms with Gasteiger partial charge in [0.25, 0.3) is 0 Å². The van der Waals surface area contributed by atoms with Crippen molar-refractivity contribution < 1.29 is 19.8 Å². The Morgan fingerprint density at radius 3 is 2.30 bits per heavy atom. The van der Waals surface area contributed by atoms with E-state index in [0.29, 0.717) is 30.9 Å². The fourth-order valence-electron chi connectivity index (χ4n) is 5.85. The highest BCUT2D eigenvalue weighted by Gasteiger charge is 2.30. The van der Waals surface area contributed by atoms with Crippen molar-refractivity contribution in [2.45, 2.75) is 88.8 Å². The van der Waals surface area contributed by atoms with Gasteiger partial charge in [-0.1, -0.05) is 42.5 Å². The van der Waals surface area contributed by atoms with Gasteiger partial charge in [0.05, 0.1) is 5.69 Å². The molecule has 0 aromatic heterocycles. The average molecular weight is 508 g/mol. The zero-order valence-corrected chi connectivity index (χ0v) is 21.6. The smallest absolute Gasteiger partial charge is 0.412 e. The van der Waals surface area contributed by atoms with E-state index in [4.69, 9.17) is 5.73 Å². The molecule has 5 N–H and O–H groups in total. The normalized spacial score (nSPS) is 23.8. The summed E-state index contributed by atoms with van der Waals surface area (Å²) in [5.74, 6) is 0.441. The molecule has 0 atom stereocenters. The van der Waals surface area contributed by atoms with Crippen LogP contribution in [0.3, 0.4) is 0 Å². The molecule has 7 nitrogen and oxygen atoms in total. The number of aliphatic hydroxyl groups excluding tert-OH is 1. The molecule has 0 radical (unpaired) electrons. The first-order chi connectivity index (χ1) is 17.9. The Kier molecular flexibility index (Phi) is 9.58. The Balaban J connectivity index is 1.45. The van der Waals surface area contributed by atoms with Crippen molar-refractivity contribution in [3.05, 3.63) is 54.1 Å². The predicted molar refractivity (Wildman–Crippen MR) is 147 cm³/mol. The minimum atomic E-state index is -0.940. The van der Waals surface area contributed by atoms with E-state index in [-0.39, 0.29) is 30.6 Å². The molecule has 0 heterocycles. The van der Waals surface area contributed by atoms with E-state index in [1.807, 2.05) is 42.5 Å². The molecule has 2 fully saturated rings. The maximum absolute atomic E-state index is 12.5. The highest BCUT2D eigenvalue weighted by Crippen LogP contribution is 2.36. The third kappa shape index (κ3) is 7.33. The number of hydrogen-bond acceptors (Lipinski definition) is 4. The zero-order chi connectivity index (χ0) is 26.2. The van der Waals surface area contributed by atoms with E-state index >= 15 is 0 Å². The lowest BCUT2D eigenvalue weighted by atomic mass is 9.86. The minimum absolute atomic E-state index is 0.0688. The number of amides is 2. The number of rotatable bonds is 9. The topological polar surface area (TPSA) is 116 Å². The van der Waals surface area contributed by atoms with Gasteiger partial charge in [0.1, 0.15) is 0 Å². The predicted octanol–water partition coefficient (Wildman–Crippen LogP) is 5.10. The second kappa shape index (κ2) is 13.1. The maximum Gasteiger partial charge on any atom is 0.412 e.